The Kier molecular flexibility index (Phi) is 6.37. The molecule has 30 heavy (non-hydrogen) atoms. The van der Waals surface area contributed by atoms with Gasteiger partial charge in [0.2, 0.25) is 5.91 Å². The Balaban J connectivity index is 1.89. The molecule has 7 nitrogen and oxygen atoms in total. The fourth-order valence-corrected chi connectivity index (χ4v) is 3.88. The summed E-state index contributed by atoms with van der Waals surface area (Å²) in [5, 5.41) is 12.9. The Morgan fingerprint density at radius 3 is 2.60 bits per heavy atom. The molecule has 3 rings (SSSR count). The molecule has 1 aromatic carbocycles. The number of nitrogens with one attached hydrogen (secondary N) is 1. The second kappa shape index (κ2) is 8.97. The highest BCUT2D eigenvalue weighted by molar-refractivity contribution is 7.99. The van der Waals surface area contributed by atoms with Crippen molar-refractivity contribution in [3.63, 3.8) is 0 Å². The van der Waals surface area contributed by atoms with Crippen molar-refractivity contribution in [2.75, 3.05) is 11.1 Å². The molecule has 0 atom stereocenters. The minimum absolute atomic E-state index is 0.00795. The fourth-order valence-electron chi connectivity index (χ4n) is 3.04. The number of benzene rings is 1. The molecule has 0 aliphatic carbocycles. The maximum Gasteiger partial charge on any atom is 0.273 e. The van der Waals surface area contributed by atoms with E-state index in [-0.39, 0.29) is 23.0 Å². The van der Waals surface area contributed by atoms with Crippen LogP contribution in [-0.2, 0) is 11.3 Å². The lowest BCUT2D eigenvalue weighted by Crippen LogP contribution is -2.19. The van der Waals surface area contributed by atoms with Crippen molar-refractivity contribution in [2.45, 2.75) is 32.5 Å². The summed E-state index contributed by atoms with van der Waals surface area (Å²) in [6.45, 7) is 6.15. The molecular formula is C21H20FN5O2S. The summed E-state index contributed by atoms with van der Waals surface area (Å²) < 4.78 is 16.8. The normalized spacial score (nSPS) is 10.6. The average Bonchev–Trinajstić information content (AvgIpc) is 2.96. The van der Waals surface area contributed by atoms with Gasteiger partial charge in [0, 0.05) is 30.2 Å². The van der Waals surface area contributed by atoms with Gasteiger partial charge in [-0.15, -0.1) is 0 Å². The number of nitriles is 1. The highest BCUT2D eigenvalue weighted by Crippen LogP contribution is 2.30. The molecule has 3 aromatic rings. The summed E-state index contributed by atoms with van der Waals surface area (Å²) in [6, 6.07) is 9.32. The van der Waals surface area contributed by atoms with Crippen molar-refractivity contribution in [1.82, 2.24) is 14.1 Å². The zero-order valence-corrected chi connectivity index (χ0v) is 17.6. The molecule has 0 unspecified atom stereocenters. The van der Waals surface area contributed by atoms with Crippen LogP contribution >= 0.6 is 11.8 Å². The number of thioether (sulfide) groups is 1. The molecular weight excluding hydrogens is 405 g/mol. The smallest absolute Gasteiger partial charge is 0.273 e. The number of anilines is 1. The molecule has 0 bridgehead atoms. The molecule has 0 fully saturated rings. The van der Waals surface area contributed by atoms with Gasteiger partial charge in [-0.2, -0.15) is 10.2 Å². The van der Waals surface area contributed by atoms with Crippen molar-refractivity contribution in [1.29, 1.82) is 5.26 Å². The van der Waals surface area contributed by atoms with E-state index in [0.29, 0.717) is 28.8 Å². The standard InChI is InChI=1S/C21H20FN5O2S/c1-4-26-10-9-18(28)25-21(26)30-12-19(29)24-20-17(11-23)13(2)14(3)27(20)16-7-5-15(22)6-8-16/h5-10H,4,12H2,1-3H3,(H,24,29). The maximum absolute atomic E-state index is 13.4. The minimum Gasteiger partial charge on any atom is -0.328 e. The van der Waals surface area contributed by atoms with Gasteiger partial charge in [-0.25, -0.2) is 4.39 Å². The summed E-state index contributed by atoms with van der Waals surface area (Å²) in [5.74, 6) is -0.384. The van der Waals surface area contributed by atoms with E-state index in [4.69, 9.17) is 0 Å². The van der Waals surface area contributed by atoms with Crippen molar-refractivity contribution < 1.29 is 9.18 Å². The van der Waals surface area contributed by atoms with Gasteiger partial charge >= 0.3 is 0 Å². The number of amides is 1. The Hall–Kier alpha value is -3.38. The Morgan fingerprint density at radius 1 is 1.27 bits per heavy atom. The lowest BCUT2D eigenvalue weighted by atomic mass is 10.2. The van der Waals surface area contributed by atoms with Crippen LogP contribution in [0.2, 0.25) is 0 Å². The summed E-state index contributed by atoms with van der Waals surface area (Å²) in [4.78, 5) is 28.2. The van der Waals surface area contributed by atoms with Gasteiger partial charge in [0.1, 0.15) is 17.7 Å². The second-order valence-corrected chi connectivity index (χ2v) is 7.47. The number of carbonyl (C=O) groups excluding carboxylic acids is 1. The molecule has 1 amide bonds. The molecule has 154 valence electrons. The predicted molar refractivity (Wildman–Crippen MR) is 113 cm³/mol. The fraction of sp³-hybridized carbons (Fsp3) is 0.238. The van der Waals surface area contributed by atoms with Crippen LogP contribution in [0.5, 0.6) is 0 Å². The number of hydrogen-bond acceptors (Lipinski definition) is 5. The molecule has 0 saturated carbocycles. The van der Waals surface area contributed by atoms with Crippen molar-refractivity contribution in [3.8, 4) is 11.8 Å². The van der Waals surface area contributed by atoms with E-state index >= 15 is 0 Å². The Bertz CT molecular complexity index is 1190. The number of halogens is 1. The van der Waals surface area contributed by atoms with Gasteiger partial charge in [0.05, 0.1) is 11.3 Å². The number of aryl methyl sites for hydroxylation is 1. The third-order valence-corrected chi connectivity index (χ3v) is 5.68. The summed E-state index contributed by atoms with van der Waals surface area (Å²) in [7, 11) is 0. The van der Waals surface area contributed by atoms with E-state index in [0.717, 1.165) is 23.0 Å². The molecule has 9 heteroatoms. The van der Waals surface area contributed by atoms with Crippen molar-refractivity contribution in [2.24, 2.45) is 0 Å². The van der Waals surface area contributed by atoms with Crippen LogP contribution in [0.15, 0.2) is 46.5 Å². The molecule has 2 heterocycles. The van der Waals surface area contributed by atoms with Gasteiger partial charge < -0.3 is 9.88 Å². The summed E-state index contributed by atoms with van der Waals surface area (Å²) in [5.41, 5.74) is 2.11. The number of aromatic nitrogens is 3. The van der Waals surface area contributed by atoms with Crippen LogP contribution in [0, 0.1) is 31.0 Å². The van der Waals surface area contributed by atoms with Gasteiger partial charge in [-0.3, -0.25) is 14.2 Å². The van der Waals surface area contributed by atoms with Crippen LogP contribution in [0.4, 0.5) is 10.2 Å². The molecule has 0 saturated heterocycles. The van der Waals surface area contributed by atoms with Crippen LogP contribution in [0.1, 0.15) is 23.7 Å². The van der Waals surface area contributed by atoms with Crippen LogP contribution in [0.25, 0.3) is 5.69 Å². The molecule has 1 N–H and O–H groups in total. The van der Waals surface area contributed by atoms with E-state index < -0.39 is 0 Å². The molecule has 0 aliphatic rings. The van der Waals surface area contributed by atoms with E-state index in [2.05, 4.69) is 16.4 Å². The highest BCUT2D eigenvalue weighted by atomic mass is 32.2. The van der Waals surface area contributed by atoms with Crippen LogP contribution < -0.4 is 10.9 Å². The zero-order valence-electron chi connectivity index (χ0n) is 16.8. The van der Waals surface area contributed by atoms with E-state index in [1.807, 2.05) is 13.8 Å². The first-order chi connectivity index (χ1) is 14.3. The molecule has 2 aromatic heterocycles. The maximum atomic E-state index is 13.4. The molecule has 0 aliphatic heterocycles. The van der Waals surface area contributed by atoms with Gasteiger partial charge in [0.25, 0.3) is 5.56 Å². The van der Waals surface area contributed by atoms with Crippen molar-refractivity contribution in [3.05, 3.63) is 69.5 Å². The lowest BCUT2D eigenvalue weighted by Gasteiger charge is -2.13. The highest BCUT2D eigenvalue weighted by Gasteiger charge is 2.21. The third-order valence-electron chi connectivity index (χ3n) is 4.69. The second-order valence-electron chi connectivity index (χ2n) is 6.53. The van der Waals surface area contributed by atoms with E-state index in [1.165, 1.54) is 18.2 Å². The monoisotopic (exact) mass is 425 g/mol. The first-order valence-corrected chi connectivity index (χ1v) is 10.2. The van der Waals surface area contributed by atoms with Crippen molar-refractivity contribution >= 4 is 23.5 Å². The summed E-state index contributed by atoms with van der Waals surface area (Å²) in [6.07, 6.45) is 1.63. The minimum atomic E-state index is -0.375. The number of carbonyl (C=O) groups is 1. The van der Waals surface area contributed by atoms with Crippen LogP contribution in [0.3, 0.4) is 0 Å². The Labute approximate surface area is 177 Å². The van der Waals surface area contributed by atoms with Gasteiger partial charge in [-0.05, 0) is 50.6 Å². The van der Waals surface area contributed by atoms with Gasteiger partial charge in [0.15, 0.2) is 5.16 Å². The Morgan fingerprint density at radius 2 is 1.97 bits per heavy atom. The van der Waals surface area contributed by atoms with E-state index in [1.54, 1.807) is 34.4 Å². The van der Waals surface area contributed by atoms with E-state index in [9.17, 15) is 19.2 Å². The van der Waals surface area contributed by atoms with Gasteiger partial charge in [-0.1, -0.05) is 11.8 Å². The zero-order chi connectivity index (χ0) is 21.8. The SMILES string of the molecule is CCn1ccc(=O)nc1SCC(=O)Nc1c(C#N)c(C)c(C)n1-c1ccc(F)cc1. The average molecular weight is 425 g/mol. The predicted octanol–water partition coefficient (Wildman–Crippen LogP) is 3.41. The first kappa shape index (κ1) is 21.3. The lowest BCUT2D eigenvalue weighted by molar-refractivity contribution is -0.113. The summed E-state index contributed by atoms with van der Waals surface area (Å²) >= 11 is 1.14. The third kappa shape index (κ3) is 4.28. The number of hydrogen-bond donors (Lipinski definition) is 1. The van der Waals surface area contributed by atoms with Crippen LogP contribution in [-0.4, -0.2) is 25.8 Å². The topological polar surface area (TPSA) is 92.7 Å². The molecule has 0 spiro atoms. The largest absolute Gasteiger partial charge is 0.328 e. The molecule has 0 radical (unpaired) electrons. The first-order valence-electron chi connectivity index (χ1n) is 9.23. The number of nitrogens with zero attached hydrogens (tertiary/aromatic N) is 4. The number of rotatable bonds is 6. The quantitative estimate of drug-likeness (QED) is 0.483.